The molecule has 0 N–H and O–H groups in total. The van der Waals surface area contributed by atoms with Crippen LogP contribution in [0.25, 0.3) is 0 Å². The summed E-state index contributed by atoms with van der Waals surface area (Å²) in [4.78, 5) is 22.2. The molecule has 0 saturated carbocycles. The van der Waals surface area contributed by atoms with E-state index in [9.17, 15) is 9.59 Å². The van der Waals surface area contributed by atoms with Crippen molar-refractivity contribution < 1.29 is 9.59 Å². The van der Waals surface area contributed by atoms with Crippen molar-refractivity contribution in [2.24, 2.45) is 0 Å². The lowest BCUT2D eigenvalue weighted by Gasteiger charge is -2.12. The van der Waals surface area contributed by atoms with E-state index in [1.165, 1.54) is 6.92 Å². The van der Waals surface area contributed by atoms with E-state index in [1.54, 1.807) is 0 Å². The number of carbonyl (C=O) groups excluding carboxylic acids is 2. The fourth-order valence-corrected chi connectivity index (χ4v) is 2.04. The predicted octanol–water partition coefficient (Wildman–Crippen LogP) is 2.45. The van der Waals surface area contributed by atoms with Gasteiger partial charge in [-0.3, -0.25) is 9.59 Å². The van der Waals surface area contributed by atoms with Gasteiger partial charge in [0.1, 0.15) is 5.78 Å². The Kier molecular flexibility index (Phi) is 4.56. The highest BCUT2D eigenvalue weighted by molar-refractivity contribution is 8.13. The van der Waals surface area contributed by atoms with Gasteiger partial charge in [-0.25, -0.2) is 0 Å². The van der Waals surface area contributed by atoms with Crippen molar-refractivity contribution in [3.05, 3.63) is 42.8 Å². The van der Waals surface area contributed by atoms with Crippen molar-refractivity contribution in [3.8, 4) is 0 Å². The molecule has 0 saturated heterocycles. The summed E-state index contributed by atoms with van der Waals surface area (Å²) >= 11 is 1.16. The molecule has 1 unspecified atom stereocenters. The second-order valence-corrected chi connectivity index (χ2v) is 4.43. The Labute approximate surface area is 94.1 Å². The fourth-order valence-electron chi connectivity index (χ4n) is 1.26. The molecule has 0 spiro atoms. The van der Waals surface area contributed by atoms with E-state index in [1.807, 2.05) is 30.3 Å². The lowest BCUT2D eigenvalue weighted by Crippen LogP contribution is -2.12. The molecule has 0 amide bonds. The van der Waals surface area contributed by atoms with E-state index < -0.39 is 0 Å². The van der Waals surface area contributed by atoms with Crippen LogP contribution in [0.4, 0.5) is 0 Å². The molecule has 2 nitrogen and oxygen atoms in total. The molecule has 0 aliphatic heterocycles. The first-order valence-electron chi connectivity index (χ1n) is 4.65. The zero-order valence-electron chi connectivity index (χ0n) is 8.60. The molecular weight excluding hydrogens is 208 g/mol. The standard InChI is InChI=1S/C12H13O2S/c1-9(13)12(8-15-10(2)14)11-6-4-3-5-7-11/h3-7,12H,1,8H2,2H3. The zero-order chi connectivity index (χ0) is 11.3. The van der Waals surface area contributed by atoms with Crippen LogP contribution in [0.15, 0.2) is 30.3 Å². The van der Waals surface area contributed by atoms with E-state index in [0.717, 1.165) is 17.3 Å². The first-order valence-corrected chi connectivity index (χ1v) is 5.64. The van der Waals surface area contributed by atoms with Gasteiger partial charge in [-0.2, -0.15) is 0 Å². The highest BCUT2D eigenvalue weighted by atomic mass is 32.2. The quantitative estimate of drug-likeness (QED) is 0.783. The summed E-state index contributed by atoms with van der Waals surface area (Å²) in [6, 6.07) is 9.42. The van der Waals surface area contributed by atoms with Gasteiger partial charge >= 0.3 is 0 Å². The van der Waals surface area contributed by atoms with Gasteiger partial charge in [-0.05, 0) is 5.56 Å². The molecule has 1 radical (unpaired) electrons. The van der Waals surface area contributed by atoms with Gasteiger partial charge in [0.2, 0.25) is 0 Å². The van der Waals surface area contributed by atoms with Gasteiger partial charge in [-0.1, -0.05) is 42.1 Å². The Morgan fingerprint density at radius 1 is 1.33 bits per heavy atom. The van der Waals surface area contributed by atoms with Gasteiger partial charge in [0, 0.05) is 19.6 Å². The van der Waals surface area contributed by atoms with Crippen LogP contribution in [-0.4, -0.2) is 16.7 Å². The smallest absolute Gasteiger partial charge is 0.185 e. The Morgan fingerprint density at radius 3 is 2.40 bits per heavy atom. The largest absolute Gasteiger partial charge is 0.299 e. The minimum atomic E-state index is -0.278. The maximum absolute atomic E-state index is 11.3. The molecular formula is C12H13O2S. The van der Waals surface area contributed by atoms with Crippen molar-refractivity contribution in [2.45, 2.75) is 12.8 Å². The van der Waals surface area contributed by atoms with Gasteiger partial charge in [0.15, 0.2) is 5.12 Å². The van der Waals surface area contributed by atoms with Gasteiger partial charge in [0.25, 0.3) is 0 Å². The van der Waals surface area contributed by atoms with Gasteiger partial charge in [-0.15, -0.1) is 0 Å². The molecule has 1 aromatic carbocycles. The molecule has 15 heavy (non-hydrogen) atoms. The number of thioether (sulfide) groups is 1. The number of hydrogen-bond donors (Lipinski definition) is 0. The van der Waals surface area contributed by atoms with Crippen LogP contribution in [0.3, 0.4) is 0 Å². The molecule has 0 aliphatic rings. The molecule has 0 aromatic heterocycles. The summed E-state index contributed by atoms with van der Waals surface area (Å²) in [6.07, 6.45) is 0. The molecule has 1 rings (SSSR count). The van der Waals surface area contributed by atoms with E-state index in [2.05, 4.69) is 6.92 Å². The average molecular weight is 221 g/mol. The van der Waals surface area contributed by atoms with Gasteiger partial charge < -0.3 is 0 Å². The number of carbonyl (C=O) groups is 2. The van der Waals surface area contributed by atoms with Gasteiger partial charge in [0.05, 0.1) is 5.92 Å². The van der Waals surface area contributed by atoms with Crippen molar-refractivity contribution in [1.82, 2.24) is 0 Å². The van der Waals surface area contributed by atoms with E-state index in [4.69, 9.17) is 0 Å². The summed E-state index contributed by atoms with van der Waals surface area (Å²) in [6.45, 7) is 4.93. The maximum Gasteiger partial charge on any atom is 0.185 e. The molecule has 0 fully saturated rings. The minimum absolute atomic E-state index is 0.0252. The third-order valence-electron chi connectivity index (χ3n) is 2.04. The number of hydrogen-bond acceptors (Lipinski definition) is 3. The summed E-state index contributed by atoms with van der Waals surface area (Å²) in [5.74, 6) is 0.0526. The first-order chi connectivity index (χ1) is 7.11. The Morgan fingerprint density at radius 2 is 1.93 bits per heavy atom. The van der Waals surface area contributed by atoms with Crippen molar-refractivity contribution in [2.75, 3.05) is 5.75 Å². The molecule has 0 aliphatic carbocycles. The van der Waals surface area contributed by atoms with E-state index >= 15 is 0 Å². The Bertz CT molecular complexity index is 346. The van der Waals surface area contributed by atoms with E-state index in [0.29, 0.717) is 5.75 Å². The number of rotatable bonds is 4. The van der Waals surface area contributed by atoms with Crippen LogP contribution in [0, 0.1) is 6.92 Å². The van der Waals surface area contributed by atoms with Crippen LogP contribution in [0.1, 0.15) is 18.4 Å². The molecule has 0 bridgehead atoms. The van der Waals surface area contributed by atoms with Crippen LogP contribution in [0.2, 0.25) is 0 Å². The molecule has 0 heterocycles. The molecule has 79 valence electrons. The number of benzene rings is 1. The third-order valence-corrected chi connectivity index (χ3v) is 2.95. The first kappa shape index (κ1) is 12.0. The van der Waals surface area contributed by atoms with Crippen LogP contribution in [-0.2, 0) is 9.59 Å². The summed E-state index contributed by atoms with van der Waals surface area (Å²) < 4.78 is 0. The highest BCUT2D eigenvalue weighted by Gasteiger charge is 2.17. The summed E-state index contributed by atoms with van der Waals surface area (Å²) in [7, 11) is 0. The summed E-state index contributed by atoms with van der Waals surface area (Å²) in [5, 5.41) is 0.0252. The maximum atomic E-state index is 11.3. The van der Waals surface area contributed by atoms with Crippen LogP contribution < -0.4 is 0 Å². The minimum Gasteiger partial charge on any atom is -0.299 e. The number of Topliss-reactive ketones (excluding diaryl/α,β-unsaturated/α-hetero) is 1. The highest BCUT2D eigenvalue weighted by Crippen LogP contribution is 2.21. The zero-order valence-corrected chi connectivity index (χ0v) is 9.42. The molecule has 3 heteroatoms. The Hall–Kier alpha value is -1.09. The van der Waals surface area contributed by atoms with Crippen molar-refractivity contribution in [1.29, 1.82) is 0 Å². The SMILES string of the molecule is [CH2]C(=O)C(CSC(C)=O)c1ccccc1. The topological polar surface area (TPSA) is 34.1 Å². The second kappa shape index (κ2) is 5.71. The molecule has 1 atom stereocenters. The lowest BCUT2D eigenvalue weighted by molar-refractivity contribution is -0.115. The lowest BCUT2D eigenvalue weighted by atomic mass is 9.98. The van der Waals surface area contributed by atoms with E-state index in [-0.39, 0.29) is 16.8 Å². The van der Waals surface area contributed by atoms with Crippen LogP contribution >= 0.6 is 11.8 Å². The monoisotopic (exact) mass is 221 g/mol. The average Bonchev–Trinajstić information content (AvgIpc) is 2.18. The predicted molar refractivity (Wildman–Crippen MR) is 62.7 cm³/mol. The molecule has 1 aromatic rings. The normalized spacial score (nSPS) is 12.1. The van der Waals surface area contributed by atoms with Crippen LogP contribution in [0.5, 0.6) is 0 Å². The number of ketones is 1. The second-order valence-electron chi connectivity index (χ2n) is 3.23. The third kappa shape index (κ3) is 3.88. The Balaban J connectivity index is 2.75. The summed E-state index contributed by atoms with van der Waals surface area (Å²) in [5.41, 5.74) is 0.922. The van der Waals surface area contributed by atoms with Crippen molar-refractivity contribution in [3.63, 3.8) is 0 Å². The fraction of sp³-hybridized carbons (Fsp3) is 0.250. The van der Waals surface area contributed by atoms with Crippen molar-refractivity contribution >= 4 is 22.7 Å².